The van der Waals surface area contributed by atoms with E-state index >= 15 is 0 Å². The lowest BCUT2D eigenvalue weighted by molar-refractivity contribution is 0.0718. The van der Waals surface area contributed by atoms with Crippen molar-refractivity contribution in [2.45, 2.75) is 50.6 Å². The van der Waals surface area contributed by atoms with Crippen molar-refractivity contribution < 1.29 is 17.6 Å². The molecule has 10 heteroatoms. The van der Waals surface area contributed by atoms with Gasteiger partial charge >= 0.3 is 0 Å². The van der Waals surface area contributed by atoms with Crippen molar-refractivity contribution >= 4 is 56.2 Å². The van der Waals surface area contributed by atoms with Gasteiger partial charge in [0.05, 0.1) is 37.0 Å². The molecule has 0 N–H and O–H groups in total. The summed E-state index contributed by atoms with van der Waals surface area (Å²) < 4.78 is 39.6. The second kappa shape index (κ2) is 9.16. The zero-order valence-corrected chi connectivity index (χ0v) is 22.2. The van der Waals surface area contributed by atoms with E-state index < -0.39 is 21.1 Å². The van der Waals surface area contributed by atoms with Gasteiger partial charge in [0.25, 0.3) is 5.91 Å². The molecule has 0 aliphatic carbocycles. The summed E-state index contributed by atoms with van der Waals surface area (Å²) in [4.78, 5) is 17.1. The molecule has 0 saturated carbocycles. The van der Waals surface area contributed by atoms with Gasteiger partial charge in [0.15, 0.2) is 9.84 Å². The SMILES string of the molecule is CC(C)(C)CS(=O)(=O)c1cc(Cl)c(Cl)c(N2[C@@H]3CC[C@H]2CN(C(=O)c2ccc(F)cc2Cl)C3)c1. The molecule has 2 aliphatic rings. The molecule has 2 fully saturated rings. The van der Waals surface area contributed by atoms with Gasteiger partial charge in [-0.05, 0) is 48.6 Å². The summed E-state index contributed by atoms with van der Waals surface area (Å²) in [6.07, 6.45) is 1.64. The molecule has 0 spiro atoms. The Morgan fingerprint density at radius 1 is 1.03 bits per heavy atom. The van der Waals surface area contributed by atoms with Crippen LogP contribution < -0.4 is 4.90 Å². The summed E-state index contributed by atoms with van der Waals surface area (Å²) in [5, 5.41) is 0.559. The summed E-state index contributed by atoms with van der Waals surface area (Å²) in [5.74, 6) is -0.781. The summed E-state index contributed by atoms with van der Waals surface area (Å²) >= 11 is 19.1. The number of amides is 1. The maximum absolute atomic E-state index is 13.4. The molecule has 34 heavy (non-hydrogen) atoms. The molecular weight excluding hydrogens is 522 g/mol. The molecule has 2 heterocycles. The fraction of sp³-hybridized carbons (Fsp3) is 0.458. The normalized spacial score (nSPS) is 20.7. The third-order valence-corrected chi connectivity index (χ3v) is 9.48. The molecule has 2 saturated heterocycles. The van der Waals surface area contributed by atoms with Crippen LogP contribution in [-0.2, 0) is 9.84 Å². The smallest absolute Gasteiger partial charge is 0.255 e. The number of hydrogen-bond donors (Lipinski definition) is 0. The van der Waals surface area contributed by atoms with E-state index in [1.807, 2.05) is 20.8 Å². The van der Waals surface area contributed by atoms with Crippen molar-refractivity contribution in [2.24, 2.45) is 5.41 Å². The Labute approximate surface area is 214 Å². The fourth-order valence-corrected chi connectivity index (χ4v) is 7.50. The Morgan fingerprint density at radius 2 is 1.65 bits per heavy atom. The number of hydrogen-bond acceptors (Lipinski definition) is 4. The largest absolute Gasteiger partial charge is 0.361 e. The van der Waals surface area contributed by atoms with Crippen LogP contribution in [0.2, 0.25) is 15.1 Å². The number of nitrogens with zero attached hydrogens (tertiary/aromatic N) is 2. The minimum Gasteiger partial charge on any atom is -0.361 e. The Bertz CT molecular complexity index is 1230. The molecule has 2 atom stereocenters. The average molecular weight is 548 g/mol. The van der Waals surface area contributed by atoms with Crippen molar-refractivity contribution in [2.75, 3.05) is 23.7 Å². The predicted octanol–water partition coefficient (Wildman–Crippen LogP) is 6.10. The first-order valence-electron chi connectivity index (χ1n) is 11.0. The highest BCUT2D eigenvalue weighted by molar-refractivity contribution is 7.91. The molecule has 2 aromatic carbocycles. The Hall–Kier alpha value is -1.54. The van der Waals surface area contributed by atoms with E-state index in [4.69, 9.17) is 34.8 Å². The van der Waals surface area contributed by atoms with Crippen molar-refractivity contribution in [3.63, 3.8) is 0 Å². The predicted molar refractivity (Wildman–Crippen MR) is 135 cm³/mol. The Kier molecular flexibility index (Phi) is 6.88. The molecule has 4 rings (SSSR count). The van der Waals surface area contributed by atoms with E-state index in [2.05, 4.69) is 4.90 Å². The van der Waals surface area contributed by atoms with Gasteiger partial charge in [-0.1, -0.05) is 55.6 Å². The Balaban J connectivity index is 1.64. The zero-order valence-electron chi connectivity index (χ0n) is 19.1. The lowest BCUT2D eigenvalue weighted by Crippen LogP contribution is -2.55. The second-order valence-corrected chi connectivity index (χ2v) is 13.4. The van der Waals surface area contributed by atoms with Crippen LogP contribution in [0.5, 0.6) is 0 Å². The molecule has 0 unspecified atom stereocenters. The molecule has 5 nitrogen and oxygen atoms in total. The van der Waals surface area contributed by atoms with Gasteiger partial charge in [-0.15, -0.1) is 0 Å². The molecule has 184 valence electrons. The first kappa shape index (κ1) is 25.5. The number of halogens is 4. The number of sulfone groups is 1. The summed E-state index contributed by atoms with van der Waals surface area (Å²) in [6.45, 7) is 6.43. The lowest BCUT2D eigenvalue weighted by atomic mass is 10.0. The van der Waals surface area contributed by atoms with Crippen LogP contribution in [0.15, 0.2) is 35.2 Å². The van der Waals surface area contributed by atoms with Crippen LogP contribution in [0.4, 0.5) is 10.1 Å². The third kappa shape index (κ3) is 5.03. The van der Waals surface area contributed by atoms with Crippen molar-refractivity contribution in [1.29, 1.82) is 0 Å². The average Bonchev–Trinajstić information content (AvgIpc) is 2.96. The molecule has 0 radical (unpaired) electrons. The fourth-order valence-electron chi connectivity index (χ4n) is 4.87. The van der Waals surface area contributed by atoms with Crippen molar-refractivity contribution in [1.82, 2.24) is 4.90 Å². The molecule has 1 amide bonds. The van der Waals surface area contributed by atoms with Crippen molar-refractivity contribution in [3.8, 4) is 0 Å². The highest BCUT2D eigenvalue weighted by Gasteiger charge is 2.43. The van der Waals surface area contributed by atoms with Gasteiger partial charge in [0.1, 0.15) is 5.82 Å². The number of benzene rings is 2. The second-order valence-electron chi connectivity index (χ2n) is 10.2. The van der Waals surface area contributed by atoms with Crippen LogP contribution in [0.1, 0.15) is 44.0 Å². The first-order chi connectivity index (χ1) is 15.8. The van der Waals surface area contributed by atoms with E-state index in [-0.39, 0.29) is 44.2 Å². The summed E-state index contributed by atoms with van der Waals surface area (Å²) in [7, 11) is -3.58. The summed E-state index contributed by atoms with van der Waals surface area (Å²) in [5.41, 5.74) is 0.408. The molecular formula is C24H26Cl3FN2O3S. The third-order valence-electron chi connectivity index (χ3n) is 6.17. The van der Waals surface area contributed by atoms with E-state index in [0.717, 1.165) is 18.9 Å². The van der Waals surface area contributed by atoms with Gasteiger partial charge in [0, 0.05) is 25.2 Å². The van der Waals surface area contributed by atoms with E-state index in [1.54, 1.807) is 11.0 Å². The van der Waals surface area contributed by atoms with Gasteiger partial charge < -0.3 is 9.80 Å². The maximum Gasteiger partial charge on any atom is 0.255 e. The van der Waals surface area contributed by atoms with Crippen molar-refractivity contribution in [3.05, 3.63) is 56.8 Å². The first-order valence-corrected chi connectivity index (χ1v) is 13.8. The molecule has 2 aromatic rings. The maximum atomic E-state index is 13.4. The lowest BCUT2D eigenvalue weighted by Gasteiger charge is -2.43. The minimum atomic E-state index is -3.58. The van der Waals surface area contributed by atoms with Gasteiger partial charge in [-0.3, -0.25) is 4.79 Å². The number of likely N-dealkylation sites (tertiary alicyclic amines) is 1. The highest BCUT2D eigenvalue weighted by atomic mass is 35.5. The van der Waals surface area contributed by atoms with Crippen LogP contribution in [0.25, 0.3) is 0 Å². The van der Waals surface area contributed by atoms with Gasteiger partial charge in [0.2, 0.25) is 0 Å². The monoisotopic (exact) mass is 546 g/mol. The van der Waals surface area contributed by atoms with Crippen LogP contribution >= 0.6 is 34.8 Å². The van der Waals surface area contributed by atoms with Crippen LogP contribution in [0.3, 0.4) is 0 Å². The molecule has 2 aliphatic heterocycles. The number of piperazine rings is 1. The topological polar surface area (TPSA) is 57.7 Å². The van der Waals surface area contributed by atoms with E-state index in [9.17, 15) is 17.6 Å². The number of anilines is 1. The zero-order chi connectivity index (χ0) is 25.0. The standard InChI is InChI=1S/C24H26Cl3FN2O3S/c1-24(2,3)13-34(32,33)17-9-20(26)22(27)21(10-17)30-15-5-6-16(30)12-29(11-15)23(31)18-7-4-14(28)8-19(18)25/h4,7-10,15-16H,5-6,11-13H2,1-3H3/t15-,16+. The highest BCUT2D eigenvalue weighted by Crippen LogP contribution is 2.43. The van der Waals surface area contributed by atoms with E-state index in [1.165, 1.54) is 18.2 Å². The Morgan fingerprint density at radius 3 is 2.21 bits per heavy atom. The minimum absolute atomic E-state index is 0.0228. The van der Waals surface area contributed by atoms with Gasteiger partial charge in [-0.25, -0.2) is 12.8 Å². The summed E-state index contributed by atoms with van der Waals surface area (Å²) in [6, 6.07) is 6.64. The number of carbonyl (C=O) groups is 1. The quantitative estimate of drug-likeness (QED) is 0.464. The number of fused-ring (bicyclic) bond motifs is 2. The molecule has 2 bridgehead atoms. The number of rotatable bonds is 4. The van der Waals surface area contributed by atoms with Crippen LogP contribution in [-0.4, -0.2) is 50.2 Å². The van der Waals surface area contributed by atoms with E-state index in [0.29, 0.717) is 23.8 Å². The molecule has 0 aromatic heterocycles. The van der Waals surface area contributed by atoms with Gasteiger partial charge in [-0.2, -0.15) is 0 Å². The number of carbonyl (C=O) groups excluding carboxylic acids is 1. The van der Waals surface area contributed by atoms with Crippen LogP contribution in [0, 0.1) is 11.2 Å².